The predicted molar refractivity (Wildman–Crippen MR) is 80.2 cm³/mol. The number of benzene rings is 1. The molecule has 0 aliphatic rings. The summed E-state index contributed by atoms with van der Waals surface area (Å²) < 4.78 is 13.0. The first-order valence-electron chi connectivity index (χ1n) is 6.59. The first kappa shape index (κ1) is 14.7. The van der Waals surface area contributed by atoms with Crippen LogP contribution in [0.25, 0.3) is 0 Å². The Bertz CT molecular complexity index is 584. The average molecular weight is 294 g/mol. The minimum absolute atomic E-state index is 0.194. The Hall–Kier alpha value is -1.68. The minimum atomic E-state index is -0.256. The summed E-state index contributed by atoms with van der Waals surface area (Å²) in [6.07, 6.45) is 0. The van der Waals surface area contributed by atoms with Gasteiger partial charge in [0.1, 0.15) is 22.6 Å². The topological polar surface area (TPSA) is 29.0 Å². The first-order valence-corrected chi connectivity index (χ1v) is 6.96. The van der Waals surface area contributed by atoms with Crippen LogP contribution in [0.2, 0.25) is 5.15 Å². The van der Waals surface area contributed by atoms with Crippen LogP contribution in [0.4, 0.5) is 15.9 Å². The monoisotopic (exact) mass is 293 g/mol. The summed E-state index contributed by atoms with van der Waals surface area (Å²) in [6, 6.07) is 8.04. The second-order valence-electron chi connectivity index (χ2n) is 4.78. The van der Waals surface area contributed by atoms with Gasteiger partial charge in [0.2, 0.25) is 0 Å². The van der Waals surface area contributed by atoms with Crippen molar-refractivity contribution in [1.82, 2.24) is 9.97 Å². The van der Waals surface area contributed by atoms with Gasteiger partial charge in [0, 0.05) is 24.2 Å². The zero-order valence-corrected chi connectivity index (χ0v) is 12.5. The van der Waals surface area contributed by atoms with Crippen LogP contribution >= 0.6 is 11.6 Å². The highest BCUT2D eigenvalue weighted by Gasteiger charge is 2.13. The summed E-state index contributed by atoms with van der Waals surface area (Å²) in [7, 11) is 0. The van der Waals surface area contributed by atoms with Crippen molar-refractivity contribution in [1.29, 1.82) is 0 Å². The van der Waals surface area contributed by atoms with Crippen LogP contribution < -0.4 is 4.90 Å². The largest absolute Gasteiger partial charge is 0.327 e. The number of rotatable bonds is 4. The molecule has 0 saturated heterocycles. The molecule has 3 nitrogen and oxygen atoms in total. The van der Waals surface area contributed by atoms with Gasteiger partial charge in [-0.2, -0.15) is 0 Å². The van der Waals surface area contributed by atoms with Crippen LogP contribution in [-0.4, -0.2) is 16.5 Å². The lowest BCUT2D eigenvalue weighted by Gasteiger charge is -2.23. The van der Waals surface area contributed by atoms with Gasteiger partial charge in [-0.05, 0) is 31.2 Å². The average Bonchev–Trinajstić information content (AvgIpc) is 2.41. The van der Waals surface area contributed by atoms with Crippen LogP contribution in [-0.2, 0) is 0 Å². The lowest BCUT2D eigenvalue weighted by Crippen LogP contribution is -2.18. The quantitative estimate of drug-likeness (QED) is 0.774. The number of aromatic nitrogens is 2. The summed E-state index contributed by atoms with van der Waals surface area (Å²) in [5.41, 5.74) is 0.873. The normalized spacial score (nSPS) is 10.9. The Morgan fingerprint density at radius 2 is 1.85 bits per heavy atom. The molecular weight excluding hydrogens is 277 g/mol. The Kier molecular flexibility index (Phi) is 4.55. The van der Waals surface area contributed by atoms with Crippen molar-refractivity contribution in [3.63, 3.8) is 0 Å². The molecule has 2 rings (SSSR count). The summed E-state index contributed by atoms with van der Waals surface area (Å²) >= 11 is 6.07. The molecule has 2 aromatic rings. The van der Waals surface area contributed by atoms with E-state index in [2.05, 4.69) is 9.97 Å². The molecular formula is C15H17ClFN3. The molecule has 0 N–H and O–H groups in total. The molecule has 0 saturated carbocycles. The molecule has 0 radical (unpaired) electrons. The first-order chi connectivity index (χ1) is 9.51. The number of hydrogen-bond acceptors (Lipinski definition) is 3. The molecule has 1 aromatic heterocycles. The molecule has 0 atom stereocenters. The second-order valence-corrected chi connectivity index (χ2v) is 5.17. The van der Waals surface area contributed by atoms with Crippen molar-refractivity contribution in [3.05, 3.63) is 47.1 Å². The molecule has 0 amide bonds. The zero-order valence-electron chi connectivity index (χ0n) is 11.8. The highest BCUT2D eigenvalue weighted by atomic mass is 35.5. The lowest BCUT2D eigenvalue weighted by atomic mass is 10.2. The van der Waals surface area contributed by atoms with E-state index in [0.29, 0.717) is 17.5 Å². The third-order valence-electron chi connectivity index (χ3n) is 2.95. The molecule has 0 aliphatic heterocycles. The van der Waals surface area contributed by atoms with Crippen molar-refractivity contribution in [2.24, 2.45) is 0 Å². The summed E-state index contributed by atoms with van der Waals surface area (Å²) in [5.74, 6) is 1.36. The molecule has 106 valence electrons. The fourth-order valence-electron chi connectivity index (χ4n) is 1.92. The van der Waals surface area contributed by atoms with E-state index in [1.807, 2.05) is 25.7 Å². The molecule has 1 aromatic carbocycles. The van der Waals surface area contributed by atoms with Gasteiger partial charge >= 0.3 is 0 Å². The van der Waals surface area contributed by atoms with Crippen LogP contribution in [0.1, 0.15) is 32.5 Å². The lowest BCUT2D eigenvalue weighted by molar-refractivity contribution is 0.627. The fourth-order valence-corrected chi connectivity index (χ4v) is 2.10. The van der Waals surface area contributed by atoms with Gasteiger partial charge in [-0.3, -0.25) is 0 Å². The van der Waals surface area contributed by atoms with Crippen molar-refractivity contribution in [3.8, 4) is 0 Å². The Labute approximate surface area is 123 Å². The SMILES string of the molecule is CCN(c1ccc(F)cc1)c1cc(Cl)nc(C(C)C)n1. The third-order valence-corrected chi connectivity index (χ3v) is 3.14. The molecule has 0 spiro atoms. The number of halogens is 2. The zero-order chi connectivity index (χ0) is 14.7. The summed E-state index contributed by atoms with van der Waals surface area (Å²) in [4.78, 5) is 10.7. The van der Waals surface area contributed by atoms with Gasteiger partial charge in [-0.25, -0.2) is 14.4 Å². The number of hydrogen-bond donors (Lipinski definition) is 0. The standard InChI is InChI=1S/C15H17ClFN3/c1-4-20(12-7-5-11(17)6-8-12)14-9-13(16)18-15(19-14)10(2)3/h5-10H,4H2,1-3H3. The maximum atomic E-state index is 13.0. The Morgan fingerprint density at radius 1 is 1.20 bits per heavy atom. The summed E-state index contributed by atoms with van der Waals surface area (Å²) in [5, 5.41) is 0.416. The number of anilines is 2. The van der Waals surface area contributed by atoms with Crippen molar-refractivity contribution < 1.29 is 4.39 Å². The van der Waals surface area contributed by atoms with E-state index >= 15 is 0 Å². The van der Waals surface area contributed by atoms with E-state index < -0.39 is 0 Å². The van der Waals surface area contributed by atoms with Crippen LogP contribution in [0.3, 0.4) is 0 Å². The van der Waals surface area contributed by atoms with E-state index in [-0.39, 0.29) is 11.7 Å². The van der Waals surface area contributed by atoms with Gasteiger partial charge in [0.15, 0.2) is 0 Å². The van der Waals surface area contributed by atoms with Gasteiger partial charge < -0.3 is 4.90 Å². The maximum absolute atomic E-state index is 13.0. The summed E-state index contributed by atoms with van der Waals surface area (Å²) in [6.45, 7) is 6.75. The second kappa shape index (κ2) is 6.18. The minimum Gasteiger partial charge on any atom is -0.327 e. The van der Waals surface area contributed by atoms with E-state index in [0.717, 1.165) is 11.5 Å². The van der Waals surface area contributed by atoms with Gasteiger partial charge in [-0.15, -0.1) is 0 Å². The van der Waals surface area contributed by atoms with Crippen LogP contribution in [0, 0.1) is 5.82 Å². The maximum Gasteiger partial charge on any atom is 0.138 e. The molecule has 0 bridgehead atoms. The molecule has 0 aliphatic carbocycles. The predicted octanol–water partition coefficient (Wildman–Crippen LogP) is 4.55. The van der Waals surface area contributed by atoms with E-state index in [1.165, 1.54) is 12.1 Å². The number of nitrogens with zero attached hydrogens (tertiary/aromatic N) is 3. The molecule has 0 unspecified atom stereocenters. The van der Waals surface area contributed by atoms with Crippen molar-refractivity contribution in [2.45, 2.75) is 26.7 Å². The van der Waals surface area contributed by atoms with E-state index in [9.17, 15) is 4.39 Å². The van der Waals surface area contributed by atoms with Crippen LogP contribution in [0.5, 0.6) is 0 Å². The fraction of sp³-hybridized carbons (Fsp3) is 0.333. The Morgan fingerprint density at radius 3 is 2.40 bits per heavy atom. The molecule has 5 heteroatoms. The van der Waals surface area contributed by atoms with Crippen molar-refractivity contribution in [2.75, 3.05) is 11.4 Å². The molecule has 20 heavy (non-hydrogen) atoms. The smallest absolute Gasteiger partial charge is 0.138 e. The third kappa shape index (κ3) is 3.25. The molecule has 0 fully saturated rings. The van der Waals surface area contributed by atoms with Gasteiger partial charge in [-0.1, -0.05) is 25.4 Å². The van der Waals surface area contributed by atoms with E-state index in [4.69, 9.17) is 11.6 Å². The highest BCUT2D eigenvalue weighted by molar-refractivity contribution is 6.29. The molecule has 1 heterocycles. The van der Waals surface area contributed by atoms with E-state index in [1.54, 1.807) is 18.2 Å². The van der Waals surface area contributed by atoms with Gasteiger partial charge in [0.05, 0.1) is 0 Å². The van der Waals surface area contributed by atoms with Gasteiger partial charge in [0.25, 0.3) is 0 Å². The van der Waals surface area contributed by atoms with Crippen LogP contribution in [0.15, 0.2) is 30.3 Å². The Balaban J connectivity index is 2.43. The van der Waals surface area contributed by atoms with Crippen molar-refractivity contribution >= 4 is 23.1 Å². The highest BCUT2D eigenvalue weighted by Crippen LogP contribution is 2.26.